The molecule has 0 spiro atoms. The zero-order valence-corrected chi connectivity index (χ0v) is 11.8. The number of hydrogen-bond donors (Lipinski definition) is 1. The van der Waals surface area contributed by atoms with Crippen LogP contribution in [0.2, 0.25) is 0 Å². The molecule has 0 aromatic heterocycles. The van der Waals surface area contributed by atoms with Crippen LogP contribution in [0.1, 0.15) is 25.3 Å². The smallest absolute Gasteiger partial charge is 0.236 e. The van der Waals surface area contributed by atoms with Gasteiger partial charge in [-0.15, -0.1) is 0 Å². The molecule has 1 aromatic rings. The molecular formula is C15H23N3O. The zero-order valence-electron chi connectivity index (χ0n) is 11.8. The van der Waals surface area contributed by atoms with Crippen LogP contribution < -0.4 is 5.73 Å². The summed E-state index contributed by atoms with van der Waals surface area (Å²) in [7, 11) is 1.96. The number of likely N-dealkylation sites (N-methyl/N-ethyl adjacent to an activating group) is 2. The van der Waals surface area contributed by atoms with Crippen LogP contribution in [0.4, 0.5) is 5.69 Å². The molecule has 1 amide bonds. The van der Waals surface area contributed by atoms with Gasteiger partial charge in [0.25, 0.3) is 0 Å². The first-order valence-electron chi connectivity index (χ1n) is 6.93. The minimum Gasteiger partial charge on any atom is -0.398 e. The van der Waals surface area contributed by atoms with Crippen molar-refractivity contribution in [3.63, 3.8) is 0 Å². The summed E-state index contributed by atoms with van der Waals surface area (Å²) in [5.41, 5.74) is 7.79. The number of nitrogen functional groups attached to an aromatic ring is 1. The van der Waals surface area contributed by atoms with Gasteiger partial charge in [0.2, 0.25) is 5.91 Å². The summed E-state index contributed by atoms with van der Waals surface area (Å²) in [4.78, 5) is 16.2. The lowest BCUT2D eigenvalue weighted by Crippen LogP contribution is -2.40. The molecule has 0 aliphatic heterocycles. The average Bonchev–Trinajstić information content (AvgIpc) is 3.17. The summed E-state index contributed by atoms with van der Waals surface area (Å²) in [6.07, 6.45) is 2.32. The van der Waals surface area contributed by atoms with Gasteiger partial charge in [-0.2, -0.15) is 0 Å². The van der Waals surface area contributed by atoms with Gasteiger partial charge in [-0.25, -0.2) is 0 Å². The van der Waals surface area contributed by atoms with Crippen molar-refractivity contribution in [2.75, 3.05) is 25.9 Å². The topological polar surface area (TPSA) is 49.6 Å². The summed E-state index contributed by atoms with van der Waals surface area (Å²) < 4.78 is 0. The van der Waals surface area contributed by atoms with Crippen LogP contribution in [0.25, 0.3) is 0 Å². The Kier molecular flexibility index (Phi) is 4.43. The molecule has 1 saturated carbocycles. The maximum Gasteiger partial charge on any atom is 0.236 e. The highest BCUT2D eigenvalue weighted by atomic mass is 16.2. The molecule has 2 N–H and O–H groups in total. The van der Waals surface area contributed by atoms with Crippen molar-refractivity contribution in [2.24, 2.45) is 0 Å². The number of rotatable bonds is 6. The summed E-state index contributed by atoms with van der Waals surface area (Å²) in [5.74, 6) is 0.224. The van der Waals surface area contributed by atoms with Gasteiger partial charge in [-0.3, -0.25) is 9.69 Å². The monoisotopic (exact) mass is 261 g/mol. The molecule has 0 heterocycles. The molecule has 0 radical (unpaired) electrons. The molecule has 0 saturated heterocycles. The molecule has 2 rings (SSSR count). The van der Waals surface area contributed by atoms with Crippen molar-refractivity contribution in [3.8, 4) is 0 Å². The fourth-order valence-corrected chi connectivity index (χ4v) is 2.37. The lowest BCUT2D eigenvalue weighted by molar-refractivity contribution is -0.132. The Morgan fingerprint density at radius 2 is 2.05 bits per heavy atom. The highest BCUT2D eigenvalue weighted by molar-refractivity contribution is 5.78. The van der Waals surface area contributed by atoms with Crippen LogP contribution in [0.5, 0.6) is 0 Å². The third-order valence-corrected chi connectivity index (χ3v) is 3.55. The van der Waals surface area contributed by atoms with E-state index in [-0.39, 0.29) is 5.91 Å². The van der Waals surface area contributed by atoms with E-state index in [1.54, 1.807) is 0 Å². The Morgan fingerprint density at radius 1 is 1.37 bits per heavy atom. The highest BCUT2D eigenvalue weighted by Crippen LogP contribution is 2.26. The maximum atomic E-state index is 12.2. The first-order chi connectivity index (χ1) is 9.11. The van der Waals surface area contributed by atoms with E-state index >= 15 is 0 Å². The first-order valence-corrected chi connectivity index (χ1v) is 6.93. The number of amides is 1. The number of carbonyl (C=O) groups is 1. The predicted molar refractivity (Wildman–Crippen MR) is 77.6 cm³/mol. The number of benzene rings is 1. The van der Waals surface area contributed by atoms with Gasteiger partial charge in [0.15, 0.2) is 0 Å². The fraction of sp³-hybridized carbons (Fsp3) is 0.533. The van der Waals surface area contributed by atoms with Crippen molar-refractivity contribution >= 4 is 11.6 Å². The fourth-order valence-electron chi connectivity index (χ4n) is 2.37. The Balaban J connectivity index is 1.88. The minimum atomic E-state index is 0.224. The van der Waals surface area contributed by atoms with Crippen LogP contribution in [-0.4, -0.2) is 41.9 Å². The maximum absolute atomic E-state index is 12.2. The van der Waals surface area contributed by atoms with Gasteiger partial charge >= 0.3 is 0 Å². The second-order valence-corrected chi connectivity index (χ2v) is 5.28. The zero-order chi connectivity index (χ0) is 13.8. The first kappa shape index (κ1) is 13.9. The second kappa shape index (κ2) is 6.06. The van der Waals surface area contributed by atoms with E-state index < -0.39 is 0 Å². The van der Waals surface area contributed by atoms with Crippen molar-refractivity contribution in [1.29, 1.82) is 0 Å². The van der Waals surface area contributed by atoms with E-state index in [4.69, 9.17) is 5.73 Å². The summed E-state index contributed by atoms with van der Waals surface area (Å²) in [6.45, 7) is 4.02. The predicted octanol–water partition coefficient (Wildman–Crippen LogP) is 1.71. The summed E-state index contributed by atoms with van der Waals surface area (Å²) >= 11 is 0. The molecule has 19 heavy (non-hydrogen) atoms. The van der Waals surface area contributed by atoms with E-state index in [9.17, 15) is 4.79 Å². The van der Waals surface area contributed by atoms with Gasteiger partial charge in [-0.05, 0) is 38.4 Å². The number of para-hydroxylation sites is 1. The molecule has 4 heteroatoms. The Bertz CT molecular complexity index is 443. The van der Waals surface area contributed by atoms with Crippen molar-refractivity contribution in [2.45, 2.75) is 32.4 Å². The average molecular weight is 261 g/mol. The van der Waals surface area contributed by atoms with Crippen LogP contribution >= 0.6 is 0 Å². The standard InChI is InChI=1S/C15H23N3O/c1-3-18(13-8-9-13)15(19)11-17(2)10-12-6-4-5-7-14(12)16/h4-7,13H,3,8-11,16H2,1-2H3. The van der Waals surface area contributed by atoms with Crippen LogP contribution in [0.15, 0.2) is 24.3 Å². The van der Waals surface area contributed by atoms with Gasteiger partial charge in [0.05, 0.1) is 6.54 Å². The number of anilines is 1. The Hall–Kier alpha value is -1.55. The molecule has 1 aromatic carbocycles. The van der Waals surface area contributed by atoms with Gasteiger partial charge in [0.1, 0.15) is 0 Å². The molecular weight excluding hydrogens is 238 g/mol. The lowest BCUT2D eigenvalue weighted by Gasteiger charge is -2.24. The molecule has 1 aliphatic carbocycles. The van der Waals surface area contributed by atoms with E-state index in [0.717, 1.165) is 30.6 Å². The SMILES string of the molecule is CCN(C(=O)CN(C)Cc1ccccc1N)C1CC1. The third-order valence-electron chi connectivity index (χ3n) is 3.55. The van der Waals surface area contributed by atoms with E-state index in [0.29, 0.717) is 19.1 Å². The molecule has 1 aliphatic rings. The minimum absolute atomic E-state index is 0.224. The summed E-state index contributed by atoms with van der Waals surface area (Å²) in [6, 6.07) is 8.30. The van der Waals surface area contributed by atoms with Gasteiger partial charge in [0, 0.05) is 24.8 Å². The summed E-state index contributed by atoms with van der Waals surface area (Å²) in [5, 5.41) is 0. The number of nitrogens with two attached hydrogens (primary N) is 1. The Labute approximate surface area is 115 Å². The van der Waals surface area contributed by atoms with Gasteiger partial charge in [-0.1, -0.05) is 18.2 Å². The van der Waals surface area contributed by atoms with E-state index in [2.05, 4.69) is 0 Å². The van der Waals surface area contributed by atoms with Gasteiger partial charge < -0.3 is 10.6 Å². The Morgan fingerprint density at radius 3 is 2.63 bits per heavy atom. The molecule has 0 unspecified atom stereocenters. The number of hydrogen-bond acceptors (Lipinski definition) is 3. The van der Waals surface area contributed by atoms with Crippen molar-refractivity contribution in [1.82, 2.24) is 9.80 Å². The molecule has 104 valence electrons. The molecule has 4 nitrogen and oxygen atoms in total. The number of carbonyl (C=O) groups excluding carboxylic acids is 1. The lowest BCUT2D eigenvalue weighted by atomic mass is 10.2. The normalized spacial score (nSPS) is 14.7. The van der Waals surface area contributed by atoms with Crippen LogP contribution in [-0.2, 0) is 11.3 Å². The van der Waals surface area contributed by atoms with E-state index in [1.807, 2.05) is 48.0 Å². The molecule has 0 bridgehead atoms. The molecule has 0 atom stereocenters. The quantitative estimate of drug-likeness (QED) is 0.793. The second-order valence-electron chi connectivity index (χ2n) is 5.28. The highest BCUT2D eigenvalue weighted by Gasteiger charge is 2.31. The van der Waals surface area contributed by atoms with Crippen molar-refractivity contribution < 1.29 is 4.79 Å². The van der Waals surface area contributed by atoms with Crippen LogP contribution in [0, 0.1) is 0 Å². The van der Waals surface area contributed by atoms with E-state index in [1.165, 1.54) is 0 Å². The molecule has 1 fully saturated rings. The number of nitrogens with zero attached hydrogens (tertiary/aromatic N) is 2. The van der Waals surface area contributed by atoms with Crippen LogP contribution in [0.3, 0.4) is 0 Å². The third kappa shape index (κ3) is 3.70. The van der Waals surface area contributed by atoms with Crippen molar-refractivity contribution in [3.05, 3.63) is 29.8 Å². The largest absolute Gasteiger partial charge is 0.398 e.